The molecule has 0 aliphatic heterocycles. The van der Waals surface area contributed by atoms with Crippen LogP contribution in [0.2, 0.25) is 0 Å². The van der Waals surface area contributed by atoms with Crippen LogP contribution in [-0.4, -0.2) is 23.0 Å². The molecule has 1 aromatic carbocycles. The molecule has 0 saturated carbocycles. The molecule has 0 radical (unpaired) electrons. The molecule has 1 atom stereocenters. The predicted octanol–water partition coefficient (Wildman–Crippen LogP) is 2.10. The molecule has 0 aliphatic carbocycles. The maximum atomic E-state index is 11.7. The Morgan fingerprint density at radius 3 is 2.44 bits per heavy atom. The van der Waals surface area contributed by atoms with E-state index >= 15 is 0 Å². The van der Waals surface area contributed by atoms with Crippen LogP contribution in [0.3, 0.4) is 0 Å². The van der Waals surface area contributed by atoms with Gasteiger partial charge in [0.1, 0.15) is 6.04 Å². The van der Waals surface area contributed by atoms with E-state index in [4.69, 9.17) is 5.11 Å². The Hall–Kier alpha value is -1.62. The van der Waals surface area contributed by atoms with Gasteiger partial charge in [-0.3, -0.25) is 4.79 Å². The van der Waals surface area contributed by atoms with Crippen molar-refractivity contribution >= 4 is 27.8 Å². The number of halogens is 1. The van der Waals surface area contributed by atoms with Crippen molar-refractivity contribution in [3.05, 3.63) is 47.0 Å². The van der Waals surface area contributed by atoms with Crippen LogP contribution in [0.4, 0.5) is 0 Å². The molecule has 0 unspecified atom stereocenters. The summed E-state index contributed by atoms with van der Waals surface area (Å²) in [6.07, 6.45) is 0.329. The number of carboxylic acid groups (broad SMARTS) is 1. The summed E-state index contributed by atoms with van der Waals surface area (Å²) < 4.78 is 0.537. The SMILES string of the molecule is C=C(Br)C[C@@H](NC(=O)Cc1ccccc1)C(=O)O. The second-order valence-electron chi connectivity index (χ2n) is 3.84. The molecule has 0 spiro atoms. The Kier molecular flexibility index (Phi) is 5.58. The van der Waals surface area contributed by atoms with Gasteiger partial charge in [0.15, 0.2) is 0 Å². The molecule has 96 valence electrons. The predicted molar refractivity (Wildman–Crippen MR) is 72.4 cm³/mol. The van der Waals surface area contributed by atoms with Gasteiger partial charge in [0.25, 0.3) is 0 Å². The maximum absolute atomic E-state index is 11.7. The van der Waals surface area contributed by atoms with Crippen LogP contribution in [0.1, 0.15) is 12.0 Å². The Balaban J connectivity index is 2.56. The van der Waals surface area contributed by atoms with Gasteiger partial charge in [-0.15, -0.1) is 0 Å². The van der Waals surface area contributed by atoms with E-state index in [0.717, 1.165) is 5.56 Å². The number of carbonyl (C=O) groups is 2. The van der Waals surface area contributed by atoms with Crippen LogP contribution >= 0.6 is 15.9 Å². The zero-order chi connectivity index (χ0) is 13.5. The molecule has 0 aliphatic rings. The van der Waals surface area contributed by atoms with E-state index in [1.54, 1.807) is 0 Å². The van der Waals surface area contributed by atoms with Gasteiger partial charge in [0.05, 0.1) is 6.42 Å². The largest absolute Gasteiger partial charge is 0.480 e. The summed E-state index contributed by atoms with van der Waals surface area (Å²) in [4.78, 5) is 22.6. The highest BCUT2D eigenvalue weighted by Gasteiger charge is 2.20. The number of hydrogen-bond donors (Lipinski definition) is 2. The van der Waals surface area contributed by atoms with Crippen molar-refractivity contribution in [3.63, 3.8) is 0 Å². The molecule has 0 heterocycles. The van der Waals surface area contributed by atoms with E-state index < -0.39 is 12.0 Å². The third-order valence-corrected chi connectivity index (χ3v) is 2.59. The van der Waals surface area contributed by atoms with Crippen LogP contribution in [0.25, 0.3) is 0 Å². The lowest BCUT2D eigenvalue weighted by atomic mass is 10.1. The first-order valence-electron chi connectivity index (χ1n) is 5.38. The van der Waals surface area contributed by atoms with E-state index in [1.807, 2.05) is 30.3 Å². The van der Waals surface area contributed by atoms with E-state index in [1.165, 1.54) is 0 Å². The third-order valence-electron chi connectivity index (χ3n) is 2.27. The molecule has 2 N–H and O–H groups in total. The van der Waals surface area contributed by atoms with Crippen molar-refractivity contribution in [3.8, 4) is 0 Å². The third kappa shape index (κ3) is 5.14. The summed E-state index contributed by atoms with van der Waals surface area (Å²) in [6, 6.07) is 8.20. The number of hydrogen-bond acceptors (Lipinski definition) is 2. The zero-order valence-electron chi connectivity index (χ0n) is 9.73. The Morgan fingerprint density at radius 2 is 1.94 bits per heavy atom. The topological polar surface area (TPSA) is 66.4 Å². The molecule has 1 amide bonds. The lowest BCUT2D eigenvalue weighted by molar-refractivity contribution is -0.141. The quantitative estimate of drug-likeness (QED) is 0.845. The second kappa shape index (κ2) is 6.96. The highest BCUT2D eigenvalue weighted by Crippen LogP contribution is 2.10. The fourth-order valence-electron chi connectivity index (χ4n) is 1.45. The number of benzene rings is 1. The van der Waals surface area contributed by atoms with Crippen molar-refractivity contribution < 1.29 is 14.7 Å². The second-order valence-corrected chi connectivity index (χ2v) is 4.96. The minimum atomic E-state index is -1.07. The number of aliphatic carboxylic acids is 1. The van der Waals surface area contributed by atoms with Crippen molar-refractivity contribution in [2.75, 3.05) is 0 Å². The fourth-order valence-corrected chi connectivity index (χ4v) is 1.77. The van der Waals surface area contributed by atoms with Gasteiger partial charge in [-0.25, -0.2) is 4.79 Å². The molecule has 18 heavy (non-hydrogen) atoms. The molecule has 0 fully saturated rings. The van der Waals surface area contributed by atoms with Crippen molar-refractivity contribution in [2.24, 2.45) is 0 Å². The van der Waals surface area contributed by atoms with Crippen molar-refractivity contribution in [1.29, 1.82) is 0 Å². The number of carbonyl (C=O) groups excluding carboxylic acids is 1. The summed E-state index contributed by atoms with van der Waals surface area (Å²) in [5.41, 5.74) is 0.844. The number of carboxylic acids is 1. The van der Waals surface area contributed by atoms with E-state index in [0.29, 0.717) is 4.48 Å². The Bertz CT molecular complexity index is 445. The summed E-state index contributed by atoms with van der Waals surface area (Å²) in [7, 11) is 0. The molecule has 5 heteroatoms. The fraction of sp³-hybridized carbons (Fsp3) is 0.231. The van der Waals surface area contributed by atoms with E-state index in [2.05, 4.69) is 27.8 Å². The molecule has 0 saturated heterocycles. The van der Waals surface area contributed by atoms with Gasteiger partial charge < -0.3 is 10.4 Å². The first kappa shape index (κ1) is 14.4. The van der Waals surface area contributed by atoms with Gasteiger partial charge in [-0.05, 0) is 10.0 Å². The highest BCUT2D eigenvalue weighted by atomic mass is 79.9. The molecular formula is C13H14BrNO3. The normalized spacial score (nSPS) is 11.6. The lowest BCUT2D eigenvalue weighted by Crippen LogP contribution is -2.41. The van der Waals surface area contributed by atoms with Gasteiger partial charge in [0.2, 0.25) is 5.91 Å². The average molecular weight is 312 g/mol. The van der Waals surface area contributed by atoms with Gasteiger partial charge in [-0.2, -0.15) is 0 Å². The monoisotopic (exact) mass is 311 g/mol. The van der Waals surface area contributed by atoms with E-state index in [9.17, 15) is 9.59 Å². The zero-order valence-corrected chi connectivity index (χ0v) is 11.3. The summed E-state index contributed by atoms with van der Waals surface area (Å²) >= 11 is 3.09. The molecule has 0 aromatic heterocycles. The van der Waals surface area contributed by atoms with Gasteiger partial charge in [-0.1, -0.05) is 52.8 Å². The van der Waals surface area contributed by atoms with Crippen molar-refractivity contribution in [1.82, 2.24) is 5.32 Å². The standard InChI is InChI=1S/C13H14BrNO3/c1-9(14)7-11(13(17)18)15-12(16)8-10-5-3-2-4-6-10/h2-6,11H,1,7-8H2,(H,15,16)(H,17,18)/t11-/m1/s1. The van der Waals surface area contributed by atoms with E-state index in [-0.39, 0.29) is 18.7 Å². The van der Waals surface area contributed by atoms with Gasteiger partial charge in [0, 0.05) is 6.42 Å². The van der Waals surface area contributed by atoms with Crippen LogP contribution in [0, 0.1) is 0 Å². The first-order valence-corrected chi connectivity index (χ1v) is 6.17. The molecule has 4 nitrogen and oxygen atoms in total. The summed E-state index contributed by atoms with van der Waals surface area (Å²) in [6.45, 7) is 3.57. The van der Waals surface area contributed by atoms with Crippen LogP contribution < -0.4 is 5.32 Å². The van der Waals surface area contributed by atoms with Crippen LogP contribution in [-0.2, 0) is 16.0 Å². The molecule has 1 aromatic rings. The van der Waals surface area contributed by atoms with Crippen LogP contribution in [0.15, 0.2) is 41.4 Å². The number of amides is 1. The average Bonchev–Trinajstić information content (AvgIpc) is 2.28. The Labute approximate surface area is 114 Å². The first-order chi connectivity index (χ1) is 8.49. The molecular weight excluding hydrogens is 298 g/mol. The minimum Gasteiger partial charge on any atom is -0.480 e. The summed E-state index contributed by atoms with van der Waals surface area (Å²) in [5, 5.41) is 11.4. The number of nitrogens with one attached hydrogen (secondary N) is 1. The maximum Gasteiger partial charge on any atom is 0.326 e. The molecule has 0 bridgehead atoms. The number of rotatable bonds is 6. The van der Waals surface area contributed by atoms with Crippen LogP contribution in [0.5, 0.6) is 0 Å². The van der Waals surface area contributed by atoms with Gasteiger partial charge >= 0.3 is 5.97 Å². The van der Waals surface area contributed by atoms with Crippen molar-refractivity contribution in [2.45, 2.75) is 18.9 Å². The Morgan fingerprint density at radius 1 is 1.33 bits per heavy atom. The smallest absolute Gasteiger partial charge is 0.326 e. The lowest BCUT2D eigenvalue weighted by Gasteiger charge is -2.13. The highest BCUT2D eigenvalue weighted by molar-refractivity contribution is 9.11. The molecule has 1 rings (SSSR count). The summed E-state index contributed by atoms with van der Waals surface area (Å²) in [5.74, 6) is -1.39. The minimum absolute atomic E-state index is 0.163.